The Morgan fingerprint density at radius 1 is 1.42 bits per heavy atom. The van der Waals surface area contributed by atoms with E-state index in [4.69, 9.17) is 10.5 Å². The zero-order valence-electron chi connectivity index (χ0n) is 7.72. The van der Waals surface area contributed by atoms with E-state index in [9.17, 15) is 0 Å². The minimum atomic E-state index is 0.493. The first kappa shape index (κ1) is 8.52. The van der Waals surface area contributed by atoms with Gasteiger partial charge in [0.15, 0.2) is 0 Å². The predicted molar refractivity (Wildman–Crippen MR) is 48.9 cm³/mol. The third kappa shape index (κ3) is 1.50. The molecule has 0 aromatic heterocycles. The Bertz CT molecular complexity index is 142. The summed E-state index contributed by atoms with van der Waals surface area (Å²) in [5.74, 6) is 0.946. The Balaban J connectivity index is 1.98. The van der Waals surface area contributed by atoms with Gasteiger partial charge in [0.2, 0.25) is 0 Å². The van der Waals surface area contributed by atoms with Crippen LogP contribution in [-0.2, 0) is 4.74 Å². The van der Waals surface area contributed by atoms with Gasteiger partial charge in [-0.1, -0.05) is 0 Å². The predicted octanol–water partition coefficient (Wildman–Crippen LogP) is 1.54. The highest BCUT2D eigenvalue weighted by Gasteiger charge is 2.45. The van der Waals surface area contributed by atoms with E-state index in [1.54, 1.807) is 0 Å². The van der Waals surface area contributed by atoms with Crippen LogP contribution < -0.4 is 5.73 Å². The number of nitrogens with two attached hydrogens (primary N) is 1. The van der Waals surface area contributed by atoms with Gasteiger partial charge in [-0.15, -0.1) is 0 Å². The van der Waals surface area contributed by atoms with Gasteiger partial charge in [-0.2, -0.15) is 0 Å². The van der Waals surface area contributed by atoms with Crippen molar-refractivity contribution in [2.24, 2.45) is 17.1 Å². The van der Waals surface area contributed by atoms with E-state index in [0.717, 1.165) is 25.7 Å². The van der Waals surface area contributed by atoms with Gasteiger partial charge >= 0.3 is 0 Å². The van der Waals surface area contributed by atoms with Crippen molar-refractivity contribution in [1.82, 2.24) is 0 Å². The molecule has 2 fully saturated rings. The highest BCUT2D eigenvalue weighted by atomic mass is 16.5. The van der Waals surface area contributed by atoms with Crippen molar-refractivity contribution in [2.75, 3.05) is 19.8 Å². The molecule has 12 heavy (non-hydrogen) atoms. The van der Waals surface area contributed by atoms with E-state index in [2.05, 4.69) is 0 Å². The molecule has 1 saturated carbocycles. The van der Waals surface area contributed by atoms with Crippen LogP contribution in [0.4, 0.5) is 0 Å². The fourth-order valence-electron chi connectivity index (χ4n) is 2.58. The summed E-state index contributed by atoms with van der Waals surface area (Å²) >= 11 is 0. The van der Waals surface area contributed by atoms with E-state index in [1.807, 2.05) is 0 Å². The molecule has 1 saturated heterocycles. The third-order valence-corrected chi connectivity index (χ3v) is 3.44. The van der Waals surface area contributed by atoms with Gasteiger partial charge in [0.1, 0.15) is 0 Å². The Labute approximate surface area is 74.5 Å². The van der Waals surface area contributed by atoms with Gasteiger partial charge < -0.3 is 10.5 Å². The minimum absolute atomic E-state index is 0.493. The van der Waals surface area contributed by atoms with Gasteiger partial charge in [-0.05, 0) is 50.0 Å². The largest absolute Gasteiger partial charge is 0.381 e. The lowest BCUT2D eigenvalue weighted by atomic mass is 9.75. The molecule has 0 aromatic rings. The quantitative estimate of drug-likeness (QED) is 0.695. The number of hydrogen-bond acceptors (Lipinski definition) is 2. The van der Waals surface area contributed by atoms with Crippen LogP contribution in [0.25, 0.3) is 0 Å². The molecule has 0 bridgehead atoms. The topological polar surface area (TPSA) is 35.2 Å². The van der Waals surface area contributed by atoms with Crippen molar-refractivity contribution in [2.45, 2.75) is 32.1 Å². The lowest BCUT2D eigenvalue weighted by Gasteiger charge is -2.37. The highest BCUT2D eigenvalue weighted by Crippen LogP contribution is 2.51. The highest BCUT2D eigenvalue weighted by molar-refractivity contribution is 4.95. The molecular weight excluding hydrogens is 150 g/mol. The summed E-state index contributed by atoms with van der Waals surface area (Å²) in [6.45, 7) is 2.79. The summed E-state index contributed by atoms with van der Waals surface area (Å²) in [4.78, 5) is 0. The van der Waals surface area contributed by atoms with E-state index in [0.29, 0.717) is 5.41 Å². The van der Waals surface area contributed by atoms with Crippen LogP contribution in [0.3, 0.4) is 0 Å². The maximum atomic E-state index is 5.65. The zero-order chi connectivity index (χ0) is 8.44. The smallest absolute Gasteiger partial charge is 0.0525 e. The standard InChI is InChI=1S/C10H19NO/c11-6-5-10(9-2-3-9)4-1-7-12-8-10/h9H,1-8,11H2. The first-order chi connectivity index (χ1) is 5.87. The monoisotopic (exact) mass is 169 g/mol. The zero-order valence-corrected chi connectivity index (χ0v) is 7.72. The van der Waals surface area contributed by atoms with E-state index in [1.165, 1.54) is 32.1 Å². The second-order valence-corrected chi connectivity index (χ2v) is 4.33. The van der Waals surface area contributed by atoms with Crippen LogP contribution in [0.15, 0.2) is 0 Å². The maximum Gasteiger partial charge on any atom is 0.0525 e. The summed E-state index contributed by atoms with van der Waals surface area (Å²) in [6.07, 6.45) is 6.62. The van der Waals surface area contributed by atoms with Crippen molar-refractivity contribution < 1.29 is 4.74 Å². The lowest BCUT2D eigenvalue weighted by molar-refractivity contribution is -0.0244. The molecule has 2 aliphatic rings. The average molecular weight is 169 g/mol. The van der Waals surface area contributed by atoms with Crippen molar-refractivity contribution in [1.29, 1.82) is 0 Å². The fraction of sp³-hybridized carbons (Fsp3) is 1.00. The summed E-state index contributed by atoms with van der Waals surface area (Å²) < 4.78 is 5.58. The first-order valence-corrected chi connectivity index (χ1v) is 5.15. The van der Waals surface area contributed by atoms with Crippen LogP contribution in [0.5, 0.6) is 0 Å². The minimum Gasteiger partial charge on any atom is -0.381 e. The molecule has 2 nitrogen and oxygen atoms in total. The maximum absolute atomic E-state index is 5.65. The van der Waals surface area contributed by atoms with Gasteiger partial charge in [0.25, 0.3) is 0 Å². The van der Waals surface area contributed by atoms with Crippen LogP contribution >= 0.6 is 0 Å². The molecule has 1 atom stereocenters. The molecule has 0 amide bonds. The van der Waals surface area contributed by atoms with Crippen molar-refractivity contribution >= 4 is 0 Å². The van der Waals surface area contributed by atoms with Crippen molar-refractivity contribution in [3.63, 3.8) is 0 Å². The molecule has 2 heteroatoms. The Morgan fingerprint density at radius 2 is 2.25 bits per heavy atom. The molecule has 2 rings (SSSR count). The van der Waals surface area contributed by atoms with Gasteiger partial charge in [0, 0.05) is 6.61 Å². The molecular formula is C10H19NO. The van der Waals surface area contributed by atoms with Crippen LogP contribution in [0.2, 0.25) is 0 Å². The number of rotatable bonds is 3. The van der Waals surface area contributed by atoms with Crippen molar-refractivity contribution in [3.05, 3.63) is 0 Å². The molecule has 2 N–H and O–H groups in total. The van der Waals surface area contributed by atoms with Crippen LogP contribution in [0.1, 0.15) is 32.1 Å². The van der Waals surface area contributed by atoms with E-state index < -0.39 is 0 Å². The van der Waals surface area contributed by atoms with Crippen molar-refractivity contribution in [3.8, 4) is 0 Å². The SMILES string of the molecule is NCCC1(C2CC2)CCCOC1. The van der Waals surface area contributed by atoms with Crippen LogP contribution in [-0.4, -0.2) is 19.8 Å². The molecule has 1 aliphatic carbocycles. The lowest BCUT2D eigenvalue weighted by Crippen LogP contribution is -2.35. The normalized spacial score (nSPS) is 36.8. The van der Waals surface area contributed by atoms with E-state index in [-0.39, 0.29) is 0 Å². The number of hydrogen-bond donors (Lipinski definition) is 1. The Hall–Kier alpha value is -0.0800. The molecule has 0 radical (unpaired) electrons. The molecule has 0 spiro atoms. The second kappa shape index (κ2) is 3.35. The van der Waals surface area contributed by atoms with Gasteiger partial charge in [-0.3, -0.25) is 0 Å². The first-order valence-electron chi connectivity index (χ1n) is 5.15. The van der Waals surface area contributed by atoms with Gasteiger partial charge in [-0.25, -0.2) is 0 Å². The molecule has 1 aliphatic heterocycles. The third-order valence-electron chi connectivity index (χ3n) is 3.44. The molecule has 1 unspecified atom stereocenters. The van der Waals surface area contributed by atoms with Gasteiger partial charge in [0.05, 0.1) is 6.61 Å². The Kier molecular flexibility index (Phi) is 2.37. The fourth-order valence-corrected chi connectivity index (χ4v) is 2.58. The molecule has 0 aromatic carbocycles. The van der Waals surface area contributed by atoms with Crippen LogP contribution in [0, 0.1) is 11.3 Å². The molecule has 1 heterocycles. The number of ether oxygens (including phenoxy) is 1. The average Bonchev–Trinajstić information content (AvgIpc) is 2.89. The summed E-state index contributed by atoms with van der Waals surface area (Å²) in [6, 6.07) is 0. The van der Waals surface area contributed by atoms with E-state index >= 15 is 0 Å². The summed E-state index contributed by atoms with van der Waals surface area (Å²) in [5.41, 5.74) is 6.15. The summed E-state index contributed by atoms with van der Waals surface area (Å²) in [7, 11) is 0. The summed E-state index contributed by atoms with van der Waals surface area (Å²) in [5, 5.41) is 0. The second-order valence-electron chi connectivity index (χ2n) is 4.33. The molecule has 70 valence electrons. The Morgan fingerprint density at radius 3 is 2.75 bits per heavy atom.